The zero-order valence-electron chi connectivity index (χ0n) is 10.6. The second-order valence-corrected chi connectivity index (χ2v) is 4.64. The van der Waals surface area contributed by atoms with Gasteiger partial charge in [0.2, 0.25) is 0 Å². The van der Waals surface area contributed by atoms with Crippen LogP contribution in [0.5, 0.6) is 5.75 Å². The first-order valence-electron chi connectivity index (χ1n) is 5.91. The summed E-state index contributed by atoms with van der Waals surface area (Å²) in [5.41, 5.74) is 1.11. The van der Waals surface area contributed by atoms with Crippen molar-refractivity contribution in [1.29, 1.82) is 0 Å². The maximum absolute atomic E-state index is 11.0. The third kappa shape index (κ3) is 4.04. The van der Waals surface area contributed by atoms with Gasteiger partial charge in [-0.3, -0.25) is 0 Å². The van der Waals surface area contributed by atoms with Crippen molar-refractivity contribution in [2.24, 2.45) is 0 Å². The van der Waals surface area contributed by atoms with Crippen molar-refractivity contribution in [3.8, 4) is 5.75 Å². The van der Waals surface area contributed by atoms with E-state index in [4.69, 9.17) is 16.3 Å². The molecule has 0 aliphatic rings. The lowest BCUT2D eigenvalue weighted by molar-refractivity contribution is -0.117. The quantitative estimate of drug-likeness (QED) is 0.760. The predicted molar refractivity (Wildman–Crippen MR) is 71.0 cm³/mol. The second kappa shape index (κ2) is 6.65. The largest absolute Gasteiger partial charge is 0.497 e. The second-order valence-electron chi connectivity index (χ2n) is 4.23. The predicted octanol–water partition coefficient (Wildman–Crippen LogP) is 4.21. The van der Waals surface area contributed by atoms with Gasteiger partial charge in [-0.1, -0.05) is 24.6 Å². The van der Waals surface area contributed by atoms with Crippen molar-refractivity contribution >= 4 is 17.4 Å². The minimum atomic E-state index is 0.230. The van der Waals surface area contributed by atoms with Crippen molar-refractivity contribution in [1.82, 2.24) is 0 Å². The van der Waals surface area contributed by atoms with E-state index in [0.29, 0.717) is 12.3 Å². The molecule has 1 rings (SSSR count). The zero-order chi connectivity index (χ0) is 12.8. The molecule has 0 aromatic heterocycles. The lowest BCUT2D eigenvalue weighted by Gasteiger charge is -2.16. The highest BCUT2D eigenvalue weighted by atomic mass is 35.5. The van der Waals surface area contributed by atoms with Crippen LogP contribution >= 0.6 is 11.6 Å². The van der Waals surface area contributed by atoms with Crippen LogP contribution in [0, 0.1) is 0 Å². The molecule has 0 saturated carbocycles. The molecule has 0 saturated heterocycles. The van der Waals surface area contributed by atoms with Crippen molar-refractivity contribution in [2.45, 2.75) is 39.0 Å². The summed E-state index contributed by atoms with van der Waals surface area (Å²) in [4.78, 5) is 11.0. The molecule has 17 heavy (non-hydrogen) atoms. The molecular formula is C14H19ClO2. The first-order valence-corrected chi connectivity index (χ1v) is 6.29. The van der Waals surface area contributed by atoms with Gasteiger partial charge in [-0.05, 0) is 43.4 Å². The molecule has 0 heterocycles. The molecule has 0 radical (unpaired) electrons. The van der Waals surface area contributed by atoms with Crippen LogP contribution in [-0.2, 0) is 4.79 Å². The van der Waals surface area contributed by atoms with Gasteiger partial charge in [0.1, 0.15) is 11.5 Å². The first kappa shape index (κ1) is 14.0. The lowest BCUT2D eigenvalue weighted by Crippen LogP contribution is -2.02. The highest BCUT2D eigenvalue weighted by Gasteiger charge is 2.14. The monoisotopic (exact) mass is 254 g/mol. The number of ether oxygens (including phenoxy) is 1. The number of Topliss-reactive ketones (excluding diaryl/α,β-unsaturated/α-hetero) is 1. The highest BCUT2D eigenvalue weighted by Crippen LogP contribution is 2.33. The van der Waals surface area contributed by atoms with E-state index in [1.54, 1.807) is 14.0 Å². The summed E-state index contributed by atoms with van der Waals surface area (Å²) in [6, 6.07) is 5.74. The van der Waals surface area contributed by atoms with E-state index in [-0.39, 0.29) is 5.78 Å². The molecule has 2 nitrogen and oxygen atoms in total. The van der Waals surface area contributed by atoms with Crippen molar-refractivity contribution in [2.75, 3.05) is 7.11 Å². The van der Waals surface area contributed by atoms with Crippen LogP contribution in [0.15, 0.2) is 18.2 Å². The topological polar surface area (TPSA) is 26.3 Å². The Hall–Kier alpha value is -1.02. The van der Waals surface area contributed by atoms with Gasteiger partial charge in [-0.15, -0.1) is 0 Å². The van der Waals surface area contributed by atoms with Gasteiger partial charge in [0.25, 0.3) is 0 Å². The average Bonchev–Trinajstić information content (AvgIpc) is 2.31. The number of carbonyl (C=O) groups excluding carboxylic acids is 1. The first-order chi connectivity index (χ1) is 8.08. The van der Waals surface area contributed by atoms with Crippen LogP contribution in [0.3, 0.4) is 0 Å². The van der Waals surface area contributed by atoms with Gasteiger partial charge in [0.05, 0.1) is 7.11 Å². The van der Waals surface area contributed by atoms with Gasteiger partial charge < -0.3 is 9.53 Å². The minimum Gasteiger partial charge on any atom is -0.497 e. The molecule has 0 N–H and O–H groups in total. The van der Waals surface area contributed by atoms with Gasteiger partial charge in [0, 0.05) is 11.4 Å². The third-order valence-electron chi connectivity index (χ3n) is 2.99. The average molecular weight is 255 g/mol. The zero-order valence-corrected chi connectivity index (χ0v) is 11.4. The highest BCUT2D eigenvalue weighted by molar-refractivity contribution is 6.31. The summed E-state index contributed by atoms with van der Waals surface area (Å²) in [6.45, 7) is 3.74. The Labute approximate surface area is 108 Å². The number of ketones is 1. The number of hydrogen-bond donors (Lipinski definition) is 0. The lowest BCUT2D eigenvalue weighted by atomic mass is 9.91. The number of halogens is 1. The molecule has 1 unspecified atom stereocenters. The van der Waals surface area contributed by atoms with Gasteiger partial charge in [-0.25, -0.2) is 0 Å². The van der Waals surface area contributed by atoms with E-state index in [1.807, 2.05) is 18.2 Å². The fourth-order valence-electron chi connectivity index (χ4n) is 1.92. The molecule has 1 aromatic rings. The molecule has 0 aliphatic heterocycles. The number of benzene rings is 1. The number of rotatable bonds is 6. The molecule has 0 aliphatic carbocycles. The van der Waals surface area contributed by atoms with Gasteiger partial charge >= 0.3 is 0 Å². The maximum atomic E-state index is 11.0. The number of carbonyl (C=O) groups is 1. The Balaban J connectivity index is 2.84. The van der Waals surface area contributed by atoms with Crippen LogP contribution in [0.1, 0.15) is 44.6 Å². The summed E-state index contributed by atoms with van der Waals surface area (Å²) in [7, 11) is 1.62. The van der Waals surface area contributed by atoms with Crippen molar-refractivity contribution in [3.05, 3.63) is 28.8 Å². The van der Waals surface area contributed by atoms with E-state index in [9.17, 15) is 4.79 Å². The third-order valence-corrected chi connectivity index (χ3v) is 3.31. The molecular weight excluding hydrogens is 236 g/mol. The number of hydrogen-bond acceptors (Lipinski definition) is 2. The molecule has 3 heteroatoms. The Kier molecular flexibility index (Phi) is 5.49. The molecule has 1 aromatic carbocycles. The standard InChI is InChI=1S/C14H19ClO2/c1-4-11(6-5-10(2)16)13-8-7-12(17-3)9-14(13)15/h7-9,11H,4-6H2,1-3H3. The van der Waals surface area contributed by atoms with Gasteiger partial charge in [0.15, 0.2) is 0 Å². The van der Waals surface area contributed by atoms with Crippen LogP contribution in [0.4, 0.5) is 0 Å². The van der Waals surface area contributed by atoms with E-state index in [2.05, 4.69) is 6.92 Å². The molecule has 0 fully saturated rings. The van der Waals surface area contributed by atoms with E-state index in [0.717, 1.165) is 29.2 Å². The Bertz CT molecular complexity index is 388. The fraction of sp³-hybridized carbons (Fsp3) is 0.500. The minimum absolute atomic E-state index is 0.230. The Morgan fingerprint density at radius 1 is 1.47 bits per heavy atom. The summed E-state index contributed by atoms with van der Waals surface area (Å²) in [5.74, 6) is 1.34. The van der Waals surface area contributed by atoms with Crippen molar-refractivity contribution < 1.29 is 9.53 Å². The molecule has 0 bridgehead atoms. The summed E-state index contributed by atoms with van der Waals surface area (Å²) in [5, 5.41) is 0.722. The SMILES string of the molecule is CCC(CCC(C)=O)c1ccc(OC)cc1Cl. The number of methoxy groups -OCH3 is 1. The maximum Gasteiger partial charge on any atom is 0.129 e. The van der Waals surface area contributed by atoms with E-state index >= 15 is 0 Å². The summed E-state index contributed by atoms with van der Waals surface area (Å²) < 4.78 is 5.12. The normalized spacial score (nSPS) is 12.2. The van der Waals surface area contributed by atoms with Gasteiger partial charge in [-0.2, -0.15) is 0 Å². The molecule has 0 amide bonds. The molecule has 0 spiro atoms. The van der Waals surface area contributed by atoms with Crippen LogP contribution in [0.2, 0.25) is 5.02 Å². The summed E-state index contributed by atoms with van der Waals surface area (Å²) in [6.07, 6.45) is 2.46. The fourth-order valence-corrected chi connectivity index (χ4v) is 2.25. The van der Waals surface area contributed by atoms with Crippen LogP contribution in [-0.4, -0.2) is 12.9 Å². The van der Waals surface area contributed by atoms with Crippen LogP contribution < -0.4 is 4.74 Å². The molecule has 94 valence electrons. The smallest absolute Gasteiger partial charge is 0.129 e. The Morgan fingerprint density at radius 3 is 2.65 bits per heavy atom. The Morgan fingerprint density at radius 2 is 2.18 bits per heavy atom. The molecule has 1 atom stereocenters. The summed E-state index contributed by atoms with van der Waals surface area (Å²) >= 11 is 6.23. The van der Waals surface area contributed by atoms with Crippen LogP contribution in [0.25, 0.3) is 0 Å². The van der Waals surface area contributed by atoms with E-state index < -0.39 is 0 Å². The van der Waals surface area contributed by atoms with Crippen molar-refractivity contribution in [3.63, 3.8) is 0 Å². The van der Waals surface area contributed by atoms with E-state index in [1.165, 1.54) is 0 Å².